The smallest absolute Gasteiger partial charge is 0.313 e. The molecule has 1 rings (SSSR count). The van der Waals surface area contributed by atoms with E-state index in [-0.39, 0.29) is 5.75 Å². The maximum Gasteiger partial charge on any atom is 0.313 e. The molecule has 0 aliphatic rings. The summed E-state index contributed by atoms with van der Waals surface area (Å²) in [5.74, 6) is -1.42. The number of phenolic OH excluding ortho intramolecular Hbond substituents is 1. The topological polar surface area (TPSA) is 81.7 Å². The minimum Gasteiger partial charge on any atom is -0.508 e. The van der Waals surface area contributed by atoms with Gasteiger partial charge in [-0.2, -0.15) is 0 Å². The van der Waals surface area contributed by atoms with Crippen LogP contribution in [0.5, 0.6) is 5.75 Å². The van der Waals surface area contributed by atoms with Gasteiger partial charge in [-0.05, 0) is 26.2 Å². The molecule has 0 aliphatic heterocycles. The van der Waals surface area contributed by atoms with Crippen LogP contribution in [0.4, 0.5) is 5.69 Å². The highest BCUT2D eigenvalue weighted by molar-refractivity contribution is 6.39. The maximum absolute atomic E-state index is 11.5. The van der Waals surface area contributed by atoms with Crippen molar-refractivity contribution in [3.8, 4) is 5.75 Å². The van der Waals surface area contributed by atoms with Gasteiger partial charge in [0, 0.05) is 24.8 Å². The third kappa shape index (κ3) is 4.84. The lowest BCUT2D eigenvalue weighted by atomic mass is 10.3. The molecule has 0 fully saturated rings. The molecular formula is C12H17N3O3. The average molecular weight is 251 g/mol. The second kappa shape index (κ2) is 6.61. The van der Waals surface area contributed by atoms with Gasteiger partial charge in [0.05, 0.1) is 0 Å². The number of amides is 2. The van der Waals surface area contributed by atoms with Crippen LogP contribution in [0.1, 0.15) is 0 Å². The standard InChI is InChI=1S/C12H17N3O3/c1-15(2)7-6-13-11(17)12(18)14-9-4-3-5-10(16)8-9/h3-5,8,16H,6-7H2,1-2H3,(H,13,17)(H,14,18). The van der Waals surface area contributed by atoms with Gasteiger partial charge in [0.15, 0.2) is 0 Å². The van der Waals surface area contributed by atoms with Crippen molar-refractivity contribution < 1.29 is 14.7 Å². The monoisotopic (exact) mass is 251 g/mol. The molecule has 0 aromatic heterocycles. The number of aromatic hydroxyl groups is 1. The first kappa shape index (κ1) is 14.0. The zero-order chi connectivity index (χ0) is 13.5. The van der Waals surface area contributed by atoms with E-state index in [4.69, 9.17) is 0 Å². The second-order valence-corrected chi connectivity index (χ2v) is 4.06. The average Bonchev–Trinajstić information content (AvgIpc) is 2.28. The Kier molecular flexibility index (Phi) is 5.13. The Bertz CT molecular complexity index is 432. The van der Waals surface area contributed by atoms with E-state index in [0.717, 1.165) is 0 Å². The van der Waals surface area contributed by atoms with Crippen LogP contribution in [0, 0.1) is 0 Å². The predicted molar refractivity (Wildman–Crippen MR) is 68.3 cm³/mol. The number of phenols is 1. The number of nitrogens with zero attached hydrogens (tertiary/aromatic N) is 1. The summed E-state index contributed by atoms with van der Waals surface area (Å²) in [5.41, 5.74) is 0.378. The molecule has 6 heteroatoms. The van der Waals surface area contributed by atoms with E-state index in [0.29, 0.717) is 18.8 Å². The van der Waals surface area contributed by atoms with Gasteiger partial charge in [-0.15, -0.1) is 0 Å². The summed E-state index contributed by atoms with van der Waals surface area (Å²) in [7, 11) is 3.75. The number of carbonyl (C=O) groups excluding carboxylic acids is 2. The molecule has 98 valence electrons. The van der Waals surface area contributed by atoms with Crippen molar-refractivity contribution in [2.24, 2.45) is 0 Å². The molecule has 2 amide bonds. The number of carbonyl (C=O) groups is 2. The van der Waals surface area contributed by atoms with Gasteiger partial charge in [-0.25, -0.2) is 0 Å². The molecule has 1 aromatic rings. The lowest BCUT2D eigenvalue weighted by Crippen LogP contribution is -2.38. The van der Waals surface area contributed by atoms with Gasteiger partial charge in [0.25, 0.3) is 0 Å². The number of hydrogen-bond acceptors (Lipinski definition) is 4. The predicted octanol–water partition coefficient (Wildman–Crippen LogP) is 0.00850. The van der Waals surface area contributed by atoms with E-state index in [1.165, 1.54) is 12.1 Å². The minimum atomic E-state index is -0.751. The molecule has 0 saturated heterocycles. The van der Waals surface area contributed by atoms with Crippen LogP contribution < -0.4 is 10.6 Å². The fourth-order valence-electron chi connectivity index (χ4n) is 1.24. The number of hydrogen-bond donors (Lipinski definition) is 3. The third-order valence-corrected chi connectivity index (χ3v) is 2.15. The van der Waals surface area contributed by atoms with Gasteiger partial charge in [0.1, 0.15) is 5.75 Å². The first-order chi connectivity index (χ1) is 8.49. The van der Waals surface area contributed by atoms with E-state index in [1.54, 1.807) is 12.1 Å². The Labute approximate surface area is 106 Å². The molecule has 0 saturated carbocycles. The highest BCUT2D eigenvalue weighted by atomic mass is 16.3. The SMILES string of the molecule is CN(C)CCNC(=O)C(=O)Nc1cccc(O)c1. The molecule has 1 aromatic carbocycles. The molecule has 18 heavy (non-hydrogen) atoms. The molecule has 0 atom stereocenters. The van der Waals surface area contributed by atoms with Crippen molar-refractivity contribution in [1.29, 1.82) is 0 Å². The van der Waals surface area contributed by atoms with Gasteiger partial charge >= 0.3 is 11.8 Å². The molecule has 0 radical (unpaired) electrons. The number of benzene rings is 1. The summed E-state index contributed by atoms with van der Waals surface area (Å²) >= 11 is 0. The molecule has 0 unspecified atom stereocenters. The number of likely N-dealkylation sites (N-methyl/N-ethyl adjacent to an activating group) is 1. The van der Waals surface area contributed by atoms with Gasteiger partial charge < -0.3 is 20.6 Å². The highest BCUT2D eigenvalue weighted by Gasteiger charge is 2.13. The second-order valence-electron chi connectivity index (χ2n) is 4.06. The van der Waals surface area contributed by atoms with E-state index in [9.17, 15) is 14.7 Å². The Balaban J connectivity index is 2.43. The minimum absolute atomic E-state index is 0.0285. The summed E-state index contributed by atoms with van der Waals surface area (Å²) in [5, 5.41) is 14.1. The molecule has 6 nitrogen and oxygen atoms in total. The van der Waals surface area contributed by atoms with Crippen molar-refractivity contribution in [1.82, 2.24) is 10.2 Å². The van der Waals surface area contributed by atoms with Gasteiger partial charge in [-0.1, -0.05) is 6.07 Å². The largest absolute Gasteiger partial charge is 0.508 e. The van der Waals surface area contributed by atoms with Crippen LogP contribution in [-0.2, 0) is 9.59 Å². The molecule has 0 aliphatic carbocycles. The van der Waals surface area contributed by atoms with Crippen molar-refractivity contribution in [2.75, 3.05) is 32.5 Å². The Morgan fingerprint density at radius 1 is 1.28 bits per heavy atom. The van der Waals surface area contributed by atoms with E-state index >= 15 is 0 Å². The Hall–Kier alpha value is -2.08. The summed E-state index contributed by atoms with van der Waals surface area (Å²) in [6.45, 7) is 1.06. The quantitative estimate of drug-likeness (QED) is 0.658. The fourth-order valence-corrected chi connectivity index (χ4v) is 1.24. The van der Waals surface area contributed by atoms with Crippen molar-refractivity contribution >= 4 is 17.5 Å². The molecule has 0 heterocycles. The van der Waals surface area contributed by atoms with Crippen LogP contribution in [0.25, 0.3) is 0 Å². The Morgan fingerprint density at radius 3 is 2.61 bits per heavy atom. The number of anilines is 1. The summed E-state index contributed by atoms with van der Waals surface area (Å²) in [4.78, 5) is 24.8. The van der Waals surface area contributed by atoms with Gasteiger partial charge in [-0.3, -0.25) is 9.59 Å². The van der Waals surface area contributed by atoms with Crippen LogP contribution >= 0.6 is 0 Å². The number of nitrogens with one attached hydrogen (secondary N) is 2. The van der Waals surface area contributed by atoms with E-state index in [2.05, 4.69) is 10.6 Å². The third-order valence-electron chi connectivity index (χ3n) is 2.15. The van der Waals surface area contributed by atoms with Crippen molar-refractivity contribution in [3.05, 3.63) is 24.3 Å². The fraction of sp³-hybridized carbons (Fsp3) is 0.333. The first-order valence-corrected chi connectivity index (χ1v) is 5.52. The Morgan fingerprint density at radius 2 is 2.00 bits per heavy atom. The molecule has 3 N–H and O–H groups in total. The van der Waals surface area contributed by atoms with Crippen LogP contribution in [0.3, 0.4) is 0 Å². The summed E-state index contributed by atoms with van der Waals surface area (Å²) in [6, 6.07) is 6.01. The highest BCUT2D eigenvalue weighted by Crippen LogP contribution is 2.14. The van der Waals surface area contributed by atoms with Gasteiger partial charge in [0.2, 0.25) is 0 Å². The first-order valence-electron chi connectivity index (χ1n) is 5.52. The van der Waals surface area contributed by atoms with Crippen molar-refractivity contribution in [3.63, 3.8) is 0 Å². The van der Waals surface area contributed by atoms with Crippen LogP contribution in [0.15, 0.2) is 24.3 Å². The van der Waals surface area contributed by atoms with Crippen LogP contribution in [-0.4, -0.2) is 49.0 Å². The zero-order valence-corrected chi connectivity index (χ0v) is 10.4. The summed E-state index contributed by atoms with van der Waals surface area (Å²) < 4.78 is 0. The maximum atomic E-state index is 11.5. The number of rotatable bonds is 4. The van der Waals surface area contributed by atoms with E-state index < -0.39 is 11.8 Å². The molecule has 0 spiro atoms. The normalized spacial score (nSPS) is 10.2. The lowest BCUT2D eigenvalue weighted by molar-refractivity contribution is -0.136. The lowest BCUT2D eigenvalue weighted by Gasteiger charge is -2.10. The van der Waals surface area contributed by atoms with Crippen molar-refractivity contribution in [2.45, 2.75) is 0 Å². The zero-order valence-electron chi connectivity index (χ0n) is 10.4. The summed E-state index contributed by atoms with van der Waals surface area (Å²) in [6.07, 6.45) is 0. The molecular weight excluding hydrogens is 234 g/mol. The van der Waals surface area contributed by atoms with E-state index in [1.807, 2.05) is 19.0 Å². The van der Waals surface area contributed by atoms with Crippen LogP contribution in [0.2, 0.25) is 0 Å². The molecule has 0 bridgehead atoms.